The zero-order chi connectivity index (χ0) is 24.8. The summed E-state index contributed by atoms with van der Waals surface area (Å²) >= 11 is 1.60. The van der Waals surface area contributed by atoms with Gasteiger partial charge in [0.25, 0.3) is 0 Å². The van der Waals surface area contributed by atoms with Gasteiger partial charge in [-0.15, -0.1) is 11.3 Å². The van der Waals surface area contributed by atoms with Gasteiger partial charge in [0.15, 0.2) is 0 Å². The summed E-state index contributed by atoms with van der Waals surface area (Å²) in [5, 5.41) is 4.16. The molecule has 0 aliphatic carbocycles. The van der Waals surface area contributed by atoms with Crippen molar-refractivity contribution in [1.82, 2.24) is 19.9 Å². The maximum absolute atomic E-state index is 12.4. The van der Waals surface area contributed by atoms with Gasteiger partial charge in [-0.05, 0) is 62.8 Å². The Bertz CT molecular complexity index is 1360. The number of aliphatic imine (C=N–C) groups is 1. The van der Waals surface area contributed by atoms with Crippen molar-refractivity contribution in [3.63, 3.8) is 0 Å². The van der Waals surface area contributed by atoms with E-state index in [0.29, 0.717) is 23.7 Å². The molecule has 1 saturated heterocycles. The van der Waals surface area contributed by atoms with Gasteiger partial charge in [-0.1, -0.05) is 0 Å². The lowest BCUT2D eigenvalue weighted by Gasteiger charge is -2.24. The van der Waals surface area contributed by atoms with Crippen LogP contribution >= 0.6 is 11.3 Å². The third-order valence-electron chi connectivity index (χ3n) is 5.68. The molecule has 4 aromatic rings. The fourth-order valence-corrected chi connectivity index (χ4v) is 4.60. The van der Waals surface area contributed by atoms with Crippen molar-refractivity contribution in [2.24, 2.45) is 10.7 Å². The van der Waals surface area contributed by atoms with Gasteiger partial charge in [-0.3, -0.25) is 4.99 Å². The number of alkyl halides is 1. The Morgan fingerprint density at radius 3 is 2.83 bits per heavy atom. The average Bonchev–Trinajstić information content (AvgIpc) is 3.31. The van der Waals surface area contributed by atoms with Crippen LogP contribution in [0.25, 0.3) is 26.8 Å². The maximum atomic E-state index is 12.4. The Morgan fingerprint density at radius 1 is 1.23 bits per heavy atom. The molecule has 0 amide bonds. The summed E-state index contributed by atoms with van der Waals surface area (Å²) < 4.78 is 13.5. The molecule has 5 rings (SSSR count). The Morgan fingerprint density at radius 2 is 2.09 bits per heavy atom. The van der Waals surface area contributed by atoms with Crippen molar-refractivity contribution >= 4 is 61.6 Å². The van der Waals surface area contributed by atoms with E-state index < -0.39 is 6.17 Å². The first-order valence-electron chi connectivity index (χ1n) is 11.3. The molecule has 10 heteroatoms. The van der Waals surface area contributed by atoms with Crippen LogP contribution in [0.15, 0.2) is 53.2 Å². The molecule has 1 unspecified atom stereocenters. The zero-order valence-corrected chi connectivity index (χ0v) is 20.6. The van der Waals surface area contributed by atoms with Crippen LogP contribution in [0, 0.1) is 0 Å². The lowest BCUT2D eigenvalue weighted by molar-refractivity contribution is 0.163. The molecular weight excluding hydrogens is 463 g/mol. The average molecular weight is 493 g/mol. The lowest BCUT2D eigenvalue weighted by atomic mass is 10.1. The smallest absolute Gasteiger partial charge is 0.141 e. The number of hydrogen-bond acceptors (Lipinski definition) is 9. The van der Waals surface area contributed by atoms with E-state index in [1.807, 2.05) is 47.8 Å². The number of nitrogen functional groups attached to an aromatic ring is 1. The van der Waals surface area contributed by atoms with Gasteiger partial charge in [0.2, 0.25) is 0 Å². The van der Waals surface area contributed by atoms with Crippen LogP contribution in [-0.4, -0.2) is 59.4 Å². The number of hydrogen-bond donors (Lipinski definition) is 3. The van der Waals surface area contributed by atoms with E-state index in [1.165, 1.54) is 6.33 Å². The number of anilines is 3. The predicted octanol–water partition coefficient (Wildman–Crippen LogP) is 4.62. The van der Waals surface area contributed by atoms with Gasteiger partial charge >= 0.3 is 0 Å². The molecule has 1 atom stereocenters. The van der Waals surface area contributed by atoms with Crippen LogP contribution in [0.3, 0.4) is 0 Å². The van der Waals surface area contributed by atoms with Crippen LogP contribution in [0.4, 0.5) is 21.6 Å². The molecule has 5 N–H and O–H groups in total. The third kappa shape index (κ3) is 6.09. The summed E-state index contributed by atoms with van der Waals surface area (Å²) in [7, 11) is 3.65. The fraction of sp³-hybridized carbons (Fsp3) is 0.280. The SMILES string of the molecule is CN1CCCC(F)C1.CN=C/C=C(\N)c1cc2ncnc(Nc3ccc4ncsc4c3)c2cc1N. The minimum atomic E-state index is -0.561. The number of nitrogens with one attached hydrogen (secondary N) is 1. The molecule has 1 aliphatic rings. The molecule has 1 fully saturated rings. The first-order chi connectivity index (χ1) is 16.9. The van der Waals surface area contributed by atoms with Gasteiger partial charge in [0, 0.05) is 47.8 Å². The molecule has 35 heavy (non-hydrogen) atoms. The molecule has 182 valence electrons. The number of halogens is 1. The Balaban J connectivity index is 0.000000308. The number of aromatic nitrogens is 3. The molecular formula is C25H29FN8S. The number of allylic oxidation sites excluding steroid dienone is 1. The minimum Gasteiger partial charge on any atom is -0.398 e. The number of likely N-dealkylation sites (tertiary alicyclic amines) is 1. The van der Waals surface area contributed by atoms with E-state index in [1.54, 1.807) is 30.7 Å². The lowest BCUT2D eigenvalue weighted by Crippen LogP contribution is -2.32. The zero-order valence-electron chi connectivity index (χ0n) is 19.8. The number of benzene rings is 2. The standard InChI is InChI=1S/C19H17N7S.C6H12FN/c1-22-5-4-14(20)12-8-17-13(7-15(12)21)19(24-9-23-17)26-11-2-3-16-18(6-11)27-10-25-16;1-8-4-2-3-6(7)5-8/h2-10H,20-21H2,1H3,(H,23,24,26);6H,2-5H2,1H3/b14-4-,22-5?;. The summed E-state index contributed by atoms with van der Waals surface area (Å²) in [5.41, 5.74) is 18.6. The highest BCUT2D eigenvalue weighted by Crippen LogP contribution is 2.30. The predicted molar refractivity (Wildman–Crippen MR) is 145 cm³/mol. The van der Waals surface area contributed by atoms with Crippen LogP contribution in [0.2, 0.25) is 0 Å². The second-order valence-corrected chi connectivity index (χ2v) is 9.26. The number of nitrogens with two attached hydrogens (primary N) is 2. The van der Waals surface area contributed by atoms with Crippen molar-refractivity contribution in [3.8, 4) is 0 Å². The second-order valence-electron chi connectivity index (χ2n) is 8.37. The van der Waals surface area contributed by atoms with Crippen molar-refractivity contribution in [1.29, 1.82) is 0 Å². The number of piperidine rings is 1. The van der Waals surface area contributed by atoms with Crippen LogP contribution < -0.4 is 16.8 Å². The summed E-state index contributed by atoms with van der Waals surface area (Å²) in [6.45, 7) is 1.71. The summed E-state index contributed by atoms with van der Waals surface area (Å²) in [6, 6.07) is 9.69. The Kier molecular flexibility index (Phi) is 7.84. The van der Waals surface area contributed by atoms with E-state index in [-0.39, 0.29) is 0 Å². The molecule has 0 spiro atoms. The molecule has 2 aromatic carbocycles. The van der Waals surface area contributed by atoms with Crippen molar-refractivity contribution in [2.45, 2.75) is 19.0 Å². The first kappa shape index (κ1) is 24.5. The van der Waals surface area contributed by atoms with Crippen molar-refractivity contribution in [3.05, 3.63) is 53.8 Å². The normalized spacial score (nSPS) is 17.0. The van der Waals surface area contributed by atoms with Crippen LogP contribution in [0.5, 0.6) is 0 Å². The topological polar surface area (TPSA) is 118 Å². The summed E-state index contributed by atoms with van der Waals surface area (Å²) in [4.78, 5) is 19.0. The molecule has 0 bridgehead atoms. The minimum absolute atomic E-state index is 0.531. The van der Waals surface area contributed by atoms with Gasteiger partial charge in [0.1, 0.15) is 18.3 Å². The fourth-order valence-electron chi connectivity index (χ4n) is 3.89. The molecule has 2 aromatic heterocycles. The number of rotatable bonds is 4. The molecule has 0 radical (unpaired) electrons. The first-order valence-corrected chi connectivity index (χ1v) is 12.2. The van der Waals surface area contributed by atoms with E-state index >= 15 is 0 Å². The largest absolute Gasteiger partial charge is 0.398 e. The third-order valence-corrected chi connectivity index (χ3v) is 6.47. The monoisotopic (exact) mass is 492 g/mol. The Hall–Kier alpha value is -3.63. The molecule has 8 nitrogen and oxygen atoms in total. The Labute approximate surface area is 207 Å². The quantitative estimate of drug-likeness (QED) is 0.281. The molecule has 1 aliphatic heterocycles. The highest BCUT2D eigenvalue weighted by molar-refractivity contribution is 7.16. The van der Waals surface area contributed by atoms with E-state index in [2.05, 4.69) is 25.3 Å². The van der Waals surface area contributed by atoms with Crippen LogP contribution in [-0.2, 0) is 0 Å². The van der Waals surface area contributed by atoms with Gasteiger partial charge in [0.05, 0.1) is 21.2 Å². The summed E-state index contributed by atoms with van der Waals surface area (Å²) in [5.74, 6) is 0.680. The van der Waals surface area contributed by atoms with Crippen molar-refractivity contribution in [2.75, 3.05) is 38.2 Å². The maximum Gasteiger partial charge on any atom is 0.141 e. The van der Waals surface area contributed by atoms with Crippen LogP contribution in [0.1, 0.15) is 18.4 Å². The van der Waals surface area contributed by atoms with Gasteiger partial charge < -0.3 is 21.7 Å². The van der Waals surface area contributed by atoms with Crippen molar-refractivity contribution < 1.29 is 4.39 Å². The number of nitrogens with zero attached hydrogens (tertiary/aromatic N) is 5. The summed E-state index contributed by atoms with van der Waals surface area (Å²) in [6.07, 6.45) is 6.09. The van der Waals surface area contributed by atoms with E-state index in [0.717, 1.165) is 51.8 Å². The van der Waals surface area contributed by atoms with E-state index in [4.69, 9.17) is 11.5 Å². The number of thiazole rings is 1. The van der Waals surface area contributed by atoms with Gasteiger partial charge in [-0.25, -0.2) is 19.3 Å². The highest BCUT2D eigenvalue weighted by Gasteiger charge is 2.14. The molecule has 0 saturated carbocycles. The van der Waals surface area contributed by atoms with Gasteiger partial charge in [-0.2, -0.15) is 0 Å². The highest BCUT2D eigenvalue weighted by atomic mass is 32.1. The second kappa shape index (κ2) is 11.2. The molecule has 3 heterocycles. The van der Waals surface area contributed by atoms with E-state index in [9.17, 15) is 4.39 Å². The number of fused-ring (bicyclic) bond motifs is 2.